The Morgan fingerprint density at radius 2 is 2.14 bits per heavy atom. The normalized spacial score (nSPS) is 11.5. The molecule has 1 aromatic carbocycles. The third-order valence-corrected chi connectivity index (χ3v) is 4.92. The van der Waals surface area contributed by atoms with E-state index in [1.54, 1.807) is 24.3 Å². The molecule has 28 heavy (non-hydrogen) atoms. The molecule has 5 N–H and O–H groups in total. The molecule has 0 saturated carbocycles. The minimum atomic E-state index is -3.26. The number of hydrogen-bond acceptors (Lipinski definition) is 7. The van der Waals surface area contributed by atoms with Gasteiger partial charge in [-0.3, -0.25) is 10.6 Å². The van der Waals surface area contributed by atoms with Gasteiger partial charge in [0.2, 0.25) is 16.0 Å². The molecule has 0 fully saturated rings. The lowest BCUT2D eigenvalue weighted by atomic mass is 10.2. The van der Waals surface area contributed by atoms with Crippen LogP contribution in [0.1, 0.15) is 5.56 Å². The summed E-state index contributed by atoms with van der Waals surface area (Å²) in [6.07, 6.45) is 2.58. The Morgan fingerprint density at radius 3 is 2.86 bits per heavy atom. The highest BCUT2D eigenvalue weighted by Crippen LogP contribution is 2.23. The van der Waals surface area contributed by atoms with Crippen LogP contribution in [0, 0.1) is 5.41 Å². The first-order chi connectivity index (χ1) is 13.2. The smallest absolute Gasteiger partial charge is 0.208 e. The Balaban J connectivity index is 1.80. The fraction of sp³-hybridized carbons (Fsp3) is 0.188. The highest BCUT2D eigenvalue weighted by Gasteiger charge is 2.17. The van der Waals surface area contributed by atoms with Crippen LogP contribution < -0.4 is 15.1 Å². The summed E-state index contributed by atoms with van der Waals surface area (Å²) >= 11 is 3.34. The average molecular weight is 468 g/mol. The summed E-state index contributed by atoms with van der Waals surface area (Å²) in [5, 5.41) is 22.5. The number of halogens is 1. The SMILES string of the molecule is CS(=O)(=O)NCCNc1nc2nccc(C(=N)N(O)c3cccc(Br)c3)c2[nH]1. The number of aromatic nitrogens is 3. The van der Waals surface area contributed by atoms with Crippen LogP contribution in [-0.2, 0) is 10.0 Å². The largest absolute Gasteiger partial charge is 0.354 e. The number of pyridine rings is 1. The van der Waals surface area contributed by atoms with Crippen LogP contribution in [0.3, 0.4) is 0 Å². The molecule has 3 aromatic rings. The molecule has 0 bridgehead atoms. The first-order valence-electron chi connectivity index (χ1n) is 8.11. The molecule has 3 rings (SSSR count). The van der Waals surface area contributed by atoms with Gasteiger partial charge < -0.3 is 10.3 Å². The molecular formula is C16H18BrN7O3S. The Kier molecular flexibility index (Phi) is 5.93. The van der Waals surface area contributed by atoms with Crippen LogP contribution in [0.15, 0.2) is 41.0 Å². The number of fused-ring (bicyclic) bond motifs is 1. The van der Waals surface area contributed by atoms with E-state index in [1.165, 1.54) is 6.20 Å². The second-order valence-corrected chi connectivity index (χ2v) is 8.62. The maximum atomic E-state index is 11.1. The Hall–Kier alpha value is -2.54. The summed E-state index contributed by atoms with van der Waals surface area (Å²) < 4.78 is 25.3. The van der Waals surface area contributed by atoms with Crippen molar-refractivity contribution in [2.75, 3.05) is 29.7 Å². The first-order valence-corrected chi connectivity index (χ1v) is 10.8. The maximum Gasteiger partial charge on any atom is 0.208 e. The minimum absolute atomic E-state index is 0.153. The van der Waals surface area contributed by atoms with Crippen molar-refractivity contribution in [3.05, 3.63) is 46.6 Å². The molecule has 10 nitrogen and oxygen atoms in total. The number of hydrogen-bond donors (Lipinski definition) is 5. The molecule has 0 radical (unpaired) electrons. The van der Waals surface area contributed by atoms with E-state index in [9.17, 15) is 13.6 Å². The summed E-state index contributed by atoms with van der Waals surface area (Å²) in [6, 6.07) is 8.52. The Morgan fingerprint density at radius 1 is 1.36 bits per heavy atom. The summed E-state index contributed by atoms with van der Waals surface area (Å²) in [5.74, 6) is 0.226. The fourth-order valence-electron chi connectivity index (χ4n) is 2.46. The van der Waals surface area contributed by atoms with Crippen LogP contribution in [0.4, 0.5) is 11.6 Å². The molecule has 0 amide bonds. The summed E-state index contributed by atoms with van der Waals surface area (Å²) in [6.45, 7) is 0.503. The molecule has 0 atom stereocenters. The molecule has 0 aliphatic carbocycles. The van der Waals surface area contributed by atoms with E-state index in [2.05, 4.69) is 40.9 Å². The molecule has 0 saturated heterocycles. The van der Waals surface area contributed by atoms with Gasteiger partial charge in [0.15, 0.2) is 11.5 Å². The van der Waals surface area contributed by atoms with Crippen LogP contribution in [-0.4, -0.2) is 53.8 Å². The zero-order valence-electron chi connectivity index (χ0n) is 14.8. The van der Waals surface area contributed by atoms with E-state index < -0.39 is 10.0 Å². The van der Waals surface area contributed by atoms with E-state index >= 15 is 0 Å². The topological polar surface area (TPSA) is 147 Å². The van der Waals surface area contributed by atoms with Crippen LogP contribution >= 0.6 is 15.9 Å². The summed E-state index contributed by atoms with van der Waals surface area (Å²) in [4.78, 5) is 11.4. The van der Waals surface area contributed by atoms with Gasteiger partial charge in [-0.1, -0.05) is 22.0 Å². The van der Waals surface area contributed by atoms with E-state index in [0.29, 0.717) is 34.9 Å². The maximum absolute atomic E-state index is 11.1. The number of benzene rings is 1. The molecular weight excluding hydrogens is 450 g/mol. The summed E-state index contributed by atoms with van der Waals surface area (Å²) in [5.41, 5.74) is 1.67. The molecule has 0 aliphatic rings. The number of nitrogens with zero attached hydrogens (tertiary/aromatic N) is 3. The predicted octanol–water partition coefficient (Wildman–Crippen LogP) is 1.90. The van der Waals surface area contributed by atoms with Crippen molar-refractivity contribution in [3.63, 3.8) is 0 Å². The van der Waals surface area contributed by atoms with E-state index in [4.69, 9.17) is 5.41 Å². The van der Waals surface area contributed by atoms with Gasteiger partial charge in [0, 0.05) is 29.3 Å². The first kappa shape index (κ1) is 20.2. The van der Waals surface area contributed by atoms with Gasteiger partial charge in [-0.05, 0) is 24.3 Å². The highest BCUT2D eigenvalue weighted by atomic mass is 79.9. The second-order valence-electron chi connectivity index (χ2n) is 5.88. The lowest BCUT2D eigenvalue weighted by Crippen LogP contribution is -2.27. The van der Waals surface area contributed by atoms with Crippen molar-refractivity contribution < 1.29 is 13.6 Å². The monoisotopic (exact) mass is 467 g/mol. The number of imidazole rings is 1. The van der Waals surface area contributed by atoms with Crippen molar-refractivity contribution in [2.24, 2.45) is 0 Å². The van der Waals surface area contributed by atoms with E-state index in [-0.39, 0.29) is 12.4 Å². The van der Waals surface area contributed by atoms with Crippen LogP contribution in [0.5, 0.6) is 0 Å². The third-order valence-electron chi connectivity index (χ3n) is 3.69. The number of H-pyrrole nitrogens is 1. The highest BCUT2D eigenvalue weighted by molar-refractivity contribution is 9.10. The fourth-order valence-corrected chi connectivity index (χ4v) is 3.32. The van der Waals surface area contributed by atoms with E-state index in [0.717, 1.165) is 15.8 Å². The van der Waals surface area contributed by atoms with Gasteiger partial charge in [-0.2, -0.15) is 4.98 Å². The van der Waals surface area contributed by atoms with Gasteiger partial charge in [-0.15, -0.1) is 0 Å². The number of rotatable bonds is 7. The molecule has 148 valence electrons. The second kappa shape index (κ2) is 8.22. The van der Waals surface area contributed by atoms with Crippen molar-refractivity contribution in [3.8, 4) is 0 Å². The van der Waals surface area contributed by atoms with Crippen molar-refractivity contribution in [1.29, 1.82) is 5.41 Å². The van der Waals surface area contributed by atoms with Gasteiger partial charge in [0.05, 0.1) is 17.5 Å². The van der Waals surface area contributed by atoms with Gasteiger partial charge in [-0.25, -0.2) is 23.2 Å². The molecule has 0 aliphatic heterocycles. The summed E-state index contributed by atoms with van der Waals surface area (Å²) in [7, 11) is -3.26. The lowest BCUT2D eigenvalue weighted by molar-refractivity contribution is 0.312. The number of anilines is 2. The van der Waals surface area contributed by atoms with Gasteiger partial charge in [0.1, 0.15) is 0 Å². The number of amidine groups is 1. The lowest BCUT2D eigenvalue weighted by Gasteiger charge is -2.18. The van der Waals surface area contributed by atoms with Crippen LogP contribution in [0.25, 0.3) is 11.2 Å². The zero-order valence-corrected chi connectivity index (χ0v) is 17.2. The van der Waals surface area contributed by atoms with E-state index in [1.807, 2.05) is 6.07 Å². The quantitative estimate of drug-likeness (QED) is 0.154. The van der Waals surface area contributed by atoms with Crippen molar-refractivity contribution in [1.82, 2.24) is 19.7 Å². The third kappa shape index (κ3) is 4.84. The number of hydroxylamine groups is 1. The Labute approximate surface area is 169 Å². The molecule has 2 heterocycles. The number of sulfonamides is 1. The zero-order chi connectivity index (χ0) is 20.3. The predicted molar refractivity (Wildman–Crippen MR) is 110 cm³/mol. The molecule has 0 unspecified atom stereocenters. The minimum Gasteiger partial charge on any atom is -0.354 e. The Bertz CT molecular complexity index is 1120. The number of nitrogens with one attached hydrogen (secondary N) is 4. The molecule has 2 aromatic heterocycles. The molecule has 0 spiro atoms. The van der Waals surface area contributed by atoms with Gasteiger partial charge in [0.25, 0.3) is 0 Å². The van der Waals surface area contributed by atoms with Crippen molar-refractivity contribution >= 4 is 54.6 Å². The standard InChI is InChI=1S/C16H18BrN7O3S/c1-28(26,27)21-8-7-20-16-22-13-12(5-6-19-15(13)23-16)14(18)24(25)11-4-2-3-10(17)9-11/h2-6,9,18,21,25H,7-8H2,1H3,(H2,19,20,22,23). The van der Waals surface area contributed by atoms with Crippen LogP contribution in [0.2, 0.25) is 0 Å². The van der Waals surface area contributed by atoms with Crippen molar-refractivity contribution in [2.45, 2.75) is 0 Å². The van der Waals surface area contributed by atoms with Gasteiger partial charge >= 0.3 is 0 Å². The average Bonchev–Trinajstić information content (AvgIpc) is 3.06. The molecule has 12 heteroatoms. The number of aromatic amines is 1.